The lowest BCUT2D eigenvalue weighted by Gasteiger charge is -2.11. The molecule has 0 saturated heterocycles. The van der Waals surface area contributed by atoms with Crippen LogP contribution in [0.2, 0.25) is 10.0 Å². The summed E-state index contributed by atoms with van der Waals surface area (Å²) in [5.74, 6) is -0.270. The van der Waals surface area contributed by atoms with Crippen LogP contribution < -0.4 is 5.43 Å². The number of nitrogens with one attached hydrogen (secondary N) is 1. The molecule has 0 saturated carbocycles. The Morgan fingerprint density at radius 1 is 1.11 bits per heavy atom. The highest BCUT2D eigenvalue weighted by molar-refractivity contribution is 9.10. The lowest BCUT2D eigenvalue weighted by Crippen LogP contribution is -2.17. The predicted molar refractivity (Wildman–Crippen MR) is 114 cm³/mol. The summed E-state index contributed by atoms with van der Waals surface area (Å²) in [6.07, 6.45) is 1.62. The van der Waals surface area contributed by atoms with Crippen LogP contribution in [0.25, 0.3) is 5.69 Å². The second-order valence-corrected chi connectivity index (χ2v) is 7.72. The number of benzene rings is 2. The van der Waals surface area contributed by atoms with Crippen LogP contribution in [-0.4, -0.2) is 16.7 Å². The Bertz CT molecular complexity index is 1030. The number of rotatable bonds is 4. The molecule has 1 aromatic heterocycles. The van der Waals surface area contributed by atoms with Gasteiger partial charge in [0.2, 0.25) is 0 Å². The van der Waals surface area contributed by atoms with E-state index in [4.69, 9.17) is 23.2 Å². The maximum atomic E-state index is 12.1. The van der Waals surface area contributed by atoms with E-state index >= 15 is 0 Å². The molecule has 0 aliphatic carbocycles. The second-order valence-electron chi connectivity index (χ2n) is 5.96. The third-order valence-electron chi connectivity index (χ3n) is 4.10. The summed E-state index contributed by atoms with van der Waals surface area (Å²) in [6, 6.07) is 14.4. The number of hydrazone groups is 1. The Morgan fingerprint density at radius 3 is 2.48 bits per heavy atom. The smallest absolute Gasteiger partial charge is 0.271 e. The zero-order valence-corrected chi connectivity index (χ0v) is 17.7. The Hall–Kier alpha value is -2.08. The molecule has 0 unspecified atom stereocenters. The van der Waals surface area contributed by atoms with Gasteiger partial charge in [0, 0.05) is 32.0 Å². The maximum Gasteiger partial charge on any atom is 0.271 e. The van der Waals surface area contributed by atoms with Crippen LogP contribution in [0.4, 0.5) is 0 Å². The molecule has 138 valence electrons. The summed E-state index contributed by atoms with van der Waals surface area (Å²) >= 11 is 15.7. The molecule has 4 nitrogen and oxygen atoms in total. The minimum absolute atomic E-state index is 0.270. The van der Waals surface area contributed by atoms with E-state index in [9.17, 15) is 4.79 Å². The topological polar surface area (TPSA) is 46.4 Å². The van der Waals surface area contributed by atoms with Crippen molar-refractivity contribution in [2.45, 2.75) is 13.8 Å². The first-order valence-corrected chi connectivity index (χ1v) is 9.65. The molecule has 1 N–H and O–H groups in total. The molecular weight excluding hydrogens is 449 g/mol. The normalized spacial score (nSPS) is 11.1. The Balaban J connectivity index is 1.81. The summed E-state index contributed by atoms with van der Waals surface area (Å²) in [5.41, 5.74) is 6.76. The third-order valence-corrected chi connectivity index (χ3v) is 5.16. The fourth-order valence-corrected chi connectivity index (χ4v) is 3.54. The van der Waals surface area contributed by atoms with Gasteiger partial charge in [-0.05, 0) is 62.4 Å². The SMILES string of the molecule is Cc1cc(/C=N\NC(=O)c2ccc(Br)cc2)c(C)n1-c1ccc(Cl)cc1Cl. The molecule has 3 rings (SSSR count). The van der Waals surface area contributed by atoms with Gasteiger partial charge in [0.05, 0.1) is 16.9 Å². The van der Waals surface area contributed by atoms with Crippen LogP contribution in [0.15, 0.2) is 58.1 Å². The number of hydrogen-bond donors (Lipinski definition) is 1. The molecule has 7 heteroatoms. The lowest BCUT2D eigenvalue weighted by molar-refractivity contribution is 0.0955. The minimum atomic E-state index is -0.270. The van der Waals surface area contributed by atoms with E-state index < -0.39 is 0 Å². The first-order chi connectivity index (χ1) is 12.9. The van der Waals surface area contributed by atoms with Gasteiger partial charge in [-0.25, -0.2) is 5.43 Å². The van der Waals surface area contributed by atoms with E-state index in [2.05, 4.69) is 26.5 Å². The van der Waals surface area contributed by atoms with Crippen molar-refractivity contribution in [1.29, 1.82) is 0 Å². The van der Waals surface area contributed by atoms with Gasteiger partial charge in [-0.1, -0.05) is 39.1 Å². The van der Waals surface area contributed by atoms with Crippen LogP contribution in [0, 0.1) is 13.8 Å². The highest BCUT2D eigenvalue weighted by Crippen LogP contribution is 2.28. The maximum absolute atomic E-state index is 12.1. The molecule has 0 fully saturated rings. The van der Waals surface area contributed by atoms with E-state index in [-0.39, 0.29) is 5.91 Å². The van der Waals surface area contributed by atoms with Gasteiger partial charge in [-0.3, -0.25) is 4.79 Å². The quantitative estimate of drug-likeness (QED) is 0.377. The van der Waals surface area contributed by atoms with Gasteiger partial charge in [-0.2, -0.15) is 5.10 Å². The highest BCUT2D eigenvalue weighted by Gasteiger charge is 2.12. The van der Waals surface area contributed by atoms with Gasteiger partial charge in [0.15, 0.2) is 0 Å². The van der Waals surface area contributed by atoms with Crippen molar-refractivity contribution in [3.8, 4) is 5.69 Å². The second kappa shape index (κ2) is 8.30. The Labute approximate surface area is 175 Å². The minimum Gasteiger partial charge on any atom is -0.316 e. The van der Waals surface area contributed by atoms with Gasteiger partial charge in [0.1, 0.15) is 0 Å². The van der Waals surface area contributed by atoms with E-state index in [1.54, 1.807) is 30.5 Å². The Morgan fingerprint density at radius 2 is 1.81 bits per heavy atom. The predicted octanol–water partition coefficient (Wildman–Crippen LogP) is 5.93. The van der Waals surface area contributed by atoms with E-state index in [0.29, 0.717) is 15.6 Å². The zero-order chi connectivity index (χ0) is 19.6. The van der Waals surface area contributed by atoms with Crippen LogP contribution in [0.5, 0.6) is 0 Å². The summed E-state index contributed by atoms with van der Waals surface area (Å²) in [5, 5.41) is 5.23. The molecule has 0 aliphatic rings. The van der Waals surface area contributed by atoms with Crippen LogP contribution in [0.3, 0.4) is 0 Å². The van der Waals surface area contributed by atoms with Crippen LogP contribution in [-0.2, 0) is 0 Å². The first-order valence-electron chi connectivity index (χ1n) is 8.10. The summed E-state index contributed by atoms with van der Waals surface area (Å²) in [4.78, 5) is 12.1. The van der Waals surface area contributed by atoms with Crippen LogP contribution in [0.1, 0.15) is 27.3 Å². The molecule has 1 amide bonds. The molecule has 0 aliphatic heterocycles. The molecule has 0 radical (unpaired) electrons. The largest absolute Gasteiger partial charge is 0.316 e. The summed E-state index contributed by atoms with van der Waals surface area (Å²) < 4.78 is 2.94. The zero-order valence-electron chi connectivity index (χ0n) is 14.6. The van der Waals surface area contributed by atoms with Crippen molar-refractivity contribution >= 4 is 51.3 Å². The van der Waals surface area contributed by atoms with Gasteiger partial charge in [0.25, 0.3) is 5.91 Å². The molecule has 2 aromatic carbocycles. The van der Waals surface area contributed by atoms with Crippen molar-refractivity contribution in [2.24, 2.45) is 5.10 Å². The van der Waals surface area contributed by atoms with E-state index in [1.807, 2.05) is 42.7 Å². The van der Waals surface area contributed by atoms with Crippen molar-refractivity contribution < 1.29 is 4.79 Å². The number of hydrogen-bond acceptors (Lipinski definition) is 2. The fourth-order valence-electron chi connectivity index (χ4n) is 2.78. The number of carbonyl (C=O) groups is 1. The molecule has 27 heavy (non-hydrogen) atoms. The lowest BCUT2D eigenvalue weighted by atomic mass is 10.2. The van der Waals surface area contributed by atoms with Crippen molar-refractivity contribution in [3.05, 3.63) is 85.6 Å². The number of nitrogens with zero attached hydrogens (tertiary/aromatic N) is 2. The summed E-state index contributed by atoms with van der Waals surface area (Å²) in [7, 11) is 0. The molecule has 0 spiro atoms. The molecule has 0 atom stereocenters. The standard InChI is InChI=1S/C20H16BrCl2N3O/c1-12-9-15(11-24-25-20(27)14-3-5-16(21)6-4-14)13(2)26(12)19-8-7-17(22)10-18(19)23/h3-11H,1-2H3,(H,25,27)/b24-11-. The molecule has 1 heterocycles. The fraction of sp³-hybridized carbons (Fsp3) is 0.100. The summed E-state index contributed by atoms with van der Waals surface area (Å²) in [6.45, 7) is 3.95. The first kappa shape index (κ1) is 19.7. The van der Waals surface area contributed by atoms with E-state index in [0.717, 1.165) is 27.1 Å². The molecular formula is C20H16BrCl2N3O. The van der Waals surface area contributed by atoms with E-state index in [1.165, 1.54) is 0 Å². The monoisotopic (exact) mass is 463 g/mol. The number of carbonyl (C=O) groups excluding carboxylic acids is 1. The Kier molecular flexibility index (Phi) is 6.05. The third kappa shape index (κ3) is 4.43. The van der Waals surface area contributed by atoms with Gasteiger partial charge >= 0.3 is 0 Å². The number of amides is 1. The van der Waals surface area contributed by atoms with Crippen molar-refractivity contribution in [3.63, 3.8) is 0 Å². The molecule has 3 aromatic rings. The average Bonchev–Trinajstić information content (AvgIpc) is 2.90. The van der Waals surface area contributed by atoms with Gasteiger partial charge < -0.3 is 4.57 Å². The van der Waals surface area contributed by atoms with Crippen molar-refractivity contribution in [1.82, 2.24) is 9.99 Å². The number of aromatic nitrogens is 1. The average molecular weight is 465 g/mol. The number of halogens is 3. The molecule has 0 bridgehead atoms. The van der Waals surface area contributed by atoms with Crippen molar-refractivity contribution in [2.75, 3.05) is 0 Å². The number of aryl methyl sites for hydroxylation is 1. The van der Waals surface area contributed by atoms with Gasteiger partial charge in [-0.15, -0.1) is 0 Å². The van der Waals surface area contributed by atoms with Crippen LogP contribution >= 0.6 is 39.1 Å². The highest BCUT2D eigenvalue weighted by atomic mass is 79.9.